The molecule has 0 saturated carbocycles. The van der Waals surface area contributed by atoms with Crippen LogP contribution in [-0.4, -0.2) is 17.9 Å². The molecule has 0 fully saturated rings. The first-order valence-electron chi connectivity index (χ1n) is 3.26. The van der Waals surface area contributed by atoms with Crippen molar-refractivity contribution in [1.82, 2.24) is 5.32 Å². The van der Waals surface area contributed by atoms with Gasteiger partial charge in [0.2, 0.25) is 0 Å². The number of Topliss-reactive ketones (excluding diaryl/α,β-unsaturated/α-hetero) is 1. The molecule has 0 aliphatic rings. The van der Waals surface area contributed by atoms with Gasteiger partial charge in [-0.25, -0.2) is 0 Å². The third-order valence-corrected chi connectivity index (χ3v) is 1.50. The Morgan fingerprint density at radius 3 is 2.00 bits per heavy atom. The van der Waals surface area contributed by atoms with Crippen LogP contribution in [0.4, 0.5) is 0 Å². The summed E-state index contributed by atoms with van der Waals surface area (Å²) < 4.78 is 0. The van der Waals surface area contributed by atoms with E-state index in [4.69, 9.17) is 0 Å². The summed E-state index contributed by atoms with van der Waals surface area (Å²) in [6, 6.07) is 0. The van der Waals surface area contributed by atoms with Crippen LogP contribution in [0.25, 0.3) is 0 Å². The molecule has 1 N–H and O–H groups in total. The van der Waals surface area contributed by atoms with Gasteiger partial charge in [-0.15, -0.1) is 0 Å². The minimum Gasteiger partial charge on any atom is -0.306 e. The molecule has 0 aromatic heterocycles. The Hall–Kier alpha value is 0.214. The summed E-state index contributed by atoms with van der Waals surface area (Å²) in [6.45, 7) is 8.21. The van der Waals surface area contributed by atoms with Crippen molar-refractivity contribution in [2.75, 3.05) is 6.54 Å². The van der Waals surface area contributed by atoms with Gasteiger partial charge in [0.1, 0.15) is 5.78 Å². The fourth-order valence-electron chi connectivity index (χ4n) is 0.566. The van der Waals surface area contributed by atoms with Gasteiger partial charge in [-0.3, -0.25) is 4.79 Å². The molecule has 1 radical (unpaired) electrons. The Labute approximate surface area is 74.6 Å². The van der Waals surface area contributed by atoms with E-state index in [0.29, 0.717) is 0 Å². The molecular formula is C7H15NOV. The van der Waals surface area contributed by atoms with Crippen LogP contribution in [0.2, 0.25) is 0 Å². The second kappa shape index (κ2) is 4.94. The zero-order valence-corrected chi connectivity index (χ0v) is 8.46. The molecule has 3 heteroatoms. The molecule has 0 atom stereocenters. The molecule has 0 amide bonds. The Morgan fingerprint density at radius 1 is 1.50 bits per heavy atom. The van der Waals surface area contributed by atoms with Crippen LogP contribution in [-0.2, 0) is 23.4 Å². The van der Waals surface area contributed by atoms with Gasteiger partial charge < -0.3 is 5.32 Å². The van der Waals surface area contributed by atoms with Crippen LogP contribution >= 0.6 is 0 Å². The van der Waals surface area contributed by atoms with E-state index in [1.807, 2.05) is 20.8 Å². The number of rotatable bonds is 3. The SMILES string of the molecule is CCNC(C)(C)C(C)=O.[V]. The second-order valence-corrected chi connectivity index (χ2v) is 2.71. The van der Waals surface area contributed by atoms with Gasteiger partial charge >= 0.3 is 0 Å². The van der Waals surface area contributed by atoms with Gasteiger partial charge in [0, 0.05) is 18.6 Å². The van der Waals surface area contributed by atoms with Crippen LogP contribution in [0, 0.1) is 0 Å². The van der Waals surface area contributed by atoms with Crippen LogP contribution in [0.5, 0.6) is 0 Å². The number of likely N-dealkylation sites (N-methyl/N-ethyl adjacent to an activating group) is 1. The minimum absolute atomic E-state index is 0. The number of hydrogen-bond acceptors (Lipinski definition) is 2. The van der Waals surface area contributed by atoms with Gasteiger partial charge in [-0.2, -0.15) is 0 Å². The number of ketones is 1. The summed E-state index contributed by atoms with van der Waals surface area (Å²) in [5.41, 5.74) is -0.339. The fraction of sp³-hybridized carbons (Fsp3) is 0.857. The maximum Gasteiger partial charge on any atom is 0.149 e. The van der Waals surface area contributed by atoms with E-state index in [-0.39, 0.29) is 29.9 Å². The summed E-state index contributed by atoms with van der Waals surface area (Å²) in [5.74, 6) is 0.185. The molecular weight excluding hydrogens is 165 g/mol. The average molecular weight is 180 g/mol. The fourth-order valence-corrected chi connectivity index (χ4v) is 0.566. The number of carbonyl (C=O) groups excluding carboxylic acids is 1. The van der Waals surface area contributed by atoms with Crippen LogP contribution in [0.15, 0.2) is 0 Å². The Bertz CT molecular complexity index is 112. The maximum absolute atomic E-state index is 10.8. The molecule has 0 rings (SSSR count). The molecule has 0 saturated heterocycles. The van der Waals surface area contributed by atoms with Gasteiger partial charge in [-0.05, 0) is 27.3 Å². The smallest absolute Gasteiger partial charge is 0.149 e. The molecule has 0 spiro atoms. The topological polar surface area (TPSA) is 29.1 Å². The van der Waals surface area contributed by atoms with Crippen molar-refractivity contribution in [3.63, 3.8) is 0 Å². The largest absolute Gasteiger partial charge is 0.306 e. The Morgan fingerprint density at radius 2 is 1.90 bits per heavy atom. The first-order valence-corrected chi connectivity index (χ1v) is 3.26. The minimum atomic E-state index is -0.339. The van der Waals surface area contributed by atoms with Crippen molar-refractivity contribution in [1.29, 1.82) is 0 Å². The summed E-state index contributed by atoms with van der Waals surface area (Å²) in [4.78, 5) is 10.8. The summed E-state index contributed by atoms with van der Waals surface area (Å²) in [6.07, 6.45) is 0. The monoisotopic (exact) mass is 180 g/mol. The number of nitrogens with one attached hydrogen (secondary N) is 1. The molecule has 0 unspecified atom stereocenters. The molecule has 0 aromatic rings. The quantitative estimate of drug-likeness (QED) is 0.700. The zero-order valence-electron chi connectivity index (χ0n) is 7.06. The standard InChI is InChI=1S/C7H15NO.V/c1-5-8-7(3,4)6(2)9;/h8H,5H2,1-4H3;. The van der Waals surface area contributed by atoms with E-state index in [1.165, 1.54) is 0 Å². The number of carbonyl (C=O) groups is 1. The molecule has 0 bridgehead atoms. The van der Waals surface area contributed by atoms with Crippen molar-refractivity contribution in [3.05, 3.63) is 0 Å². The maximum atomic E-state index is 10.8. The van der Waals surface area contributed by atoms with E-state index in [2.05, 4.69) is 5.32 Å². The molecule has 0 aromatic carbocycles. The zero-order chi connectivity index (χ0) is 7.49. The van der Waals surface area contributed by atoms with Gasteiger partial charge in [-0.1, -0.05) is 6.92 Å². The van der Waals surface area contributed by atoms with Gasteiger partial charge in [0.05, 0.1) is 5.54 Å². The first-order chi connectivity index (χ1) is 4.00. The predicted octanol–water partition coefficient (Wildman–Crippen LogP) is 0.961. The summed E-state index contributed by atoms with van der Waals surface area (Å²) >= 11 is 0. The van der Waals surface area contributed by atoms with Gasteiger partial charge in [0.15, 0.2) is 0 Å². The molecule has 0 heterocycles. The van der Waals surface area contributed by atoms with E-state index in [0.717, 1.165) is 6.54 Å². The second-order valence-electron chi connectivity index (χ2n) is 2.71. The van der Waals surface area contributed by atoms with E-state index in [9.17, 15) is 4.79 Å². The van der Waals surface area contributed by atoms with E-state index >= 15 is 0 Å². The molecule has 59 valence electrons. The van der Waals surface area contributed by atoms with Crippen molar-refractivity contribution < 1.29 is 23.4 Å². The molecule has 0 aliphatic carbocycles. The summed E-state index contributed by atoms with van der Waals surface area (Å²) in [5, 5.41) is 3.07. The van der Waals surface area contributed by atoms with Crippen LogP contribution < -0.4 is 5.32 Å². The predicted molar refractivity (Wildman–Crippen MR) is 38.4 cm³/mol. The Kier molecular flexibility index (Phi) is 6.35. The Balaban J connectivity index is 0. The first kappa shape index (κ1) is 12.9. The van der Waals surface area contributed by atoms with E-state index in [1.54, 1.807) is 6.92 Å². The normalized spacial score (nSPS) is 10.4. The number of hydrogen-bond donors (Lipinski definition) is 1. The molecule has 2 nitrogen and oxygen atoms in total. The third kappa shape index (κ3) is 4.10. The van der Waals surface area contributed by atoms with E-state index < -0.39 is 0 Å². The van der Waals surface area contributed by atoms with Crippen molar-refractivity contribution >= 4 is 5.78 Å². The van der Waals surface area contributed by atoms with Crippen LogP contribution in [0.1, 0.15) is 27.7 Å². The van der Waals surface area contributed by atoms with Crippen molar-refractivity contribution in [2.24, 2.45) is 0 Å². The van der Waals surface area contributed by atoms with Crippen LogP contribution in [0.3, 0.4) is 0 Å². The average Bonchev–Trinajstić information content (AvgIpc) is 1.65. The summed E-state index contributed by atoms with van der Waals surface area (Å²) in [7, 11) is 0. The van der Waals surface area contributed by atoms with Gasteiger partial charge in [0.25, 0.3) is 0 Å². The molecule has 0 aliphatic heterocycles. The van der Waals surface area contributed by atoms with Crippen molar-refractivity contribution in [3.8, 4) is 0 Å². The third-order valence-electron chi connectivity index (χ3n) is 1.50. The molecule has 10 heavy (non-hydrogen) atoms. The van der Waals surface area contributed by atoms with Crippen molar-refractivity contribution in [2.45, 2.75) is 33.2 Å².